The SMILES string of the molecule is CC(CN)CCC(=O)Nc1cccc(Cl)c1C(=O)O. The Kier molecular flexibility index (Phi) is 5.79. The minimum absolute atomic E-state index is 0.0932. The summed E-state index contributed by atoms with van der Waals surface area (Å²) in [5, 5.41) is 11.7. The Hall–Kier alpha value is -1.59. The number of aromatic carboxylic acids is 1. The number of nitrogens with two attached hydrogens (primary N) is 1. The van der Waals surface area contributed by atoms with Gasteiger partial charge in [-0.15, -0.1) is 0 Å². The minimum Gasteiger partial charge on any atom is -0.478 e. The predicted molar refractivity (Wildman–Crippen MR) is 74.5 cm³/mol. The van der Waals surface area contributed by atoms with Crippen LogP contribution in [0.25, 0.3) is 0 Å². The second kappa shape index (κ2) is 7.11. The predicted octanol–water partition coefficient (Wildman–Crippen LogP) is 2.35. The average molecular weight is 285 g/mol. The molecule has 0 radical (unpaired) electrons. The Labute approximate surface area is 116 Å². The molecule has 0 aromatic heterocycles. The molecule has 104 valence electrons. The number of carboxylic acid groups (broad SMARTS) is 1. The topological polar surface area (TPSA) is 92.4 Å². The van der Waals surface area contributed by atoms with Gasteiger partial charge in [0.15, 0.2) is 0 Å². The van der Waals surface area contributed by atoms with Gasteiger partial charge in [-0.05, 0) is 31.0 Å². The van der Waals surface area contributed by atoms with E-state index in [0.29, 0.717) is 19.4 Å². The van der Waals surface area contributed by atoms with E-state index in [1.165, 1.54) is 12.1 Å². The van der Waals surface area contributed by atoms with Crippen molar-refractivity contribution in [3.8, 4) is 0 Å². The summed E-state index contributed by atoms with van der Waals surface area (Å²) in [6.07, 6.45) is 0.954. The lowest BCUT2D eigenvalue weighted by atomic mass is 10.1. The zero-order chi connectivity index (χ0) is 14.4. The van der Waals surface area contributed by atoms with Crippen molar-refractivity contribution in [1.82, 2.24) is 0 Å². The van der Waals surface area contributed by atoms with Crippen molar-refractivity contribution in [2.24, 2.45) is 11.7 Å². The molecule has 19 heavy (non-hydrogen) atoms. The molecule has 0 spiro atoms. The van der Waals surface area contributed by atoms with Crippen LogP contribution in [-0.2, 0) is 4.79 Å². The lowest BCUT2D eigenvalue weighted by Crippen LogP contribution is -2.17. The normalized spacial score (nSPS) is 11.9. The summed E-state index contributed by atoms with van der Waals surface area (Å²) in [5.41, 5.74) is 5.59. The maximum atomic E-state index is 11.7. The third-order valence-corrected chi connectivity index (χ3v) is 3.08. The van der Waals surface area contributed by atoms with Crippen LogP contribution in [0.1, 0.15) is 30.1 Å². The van der Waals surface area contributed by atoms with E-state index in [1.807, 2.05) is 6.92 Å². The number of carboxylic acids is 1. The van der Waals surface area contributed by atoms with E-state index >= 15 is 0 Å². The van der Waals surface area contributed by atoms with Gasteiger partial charge in [-0.25, -0.2) is 4.79 Å². The number of nitrogens with one attached hydrogen (secondary N) is 1. The fraction of sp³-hybridized carbons (Fsp3) is 0.385. The van der Waals surface area contributed by atoms with Crippen LogP contribution < -0.4 is 11.1 Å². The molecule has 0 fully saturated rings. The second-order valence-electron chi connectivity index (χ2n) is 4.40. The number of carbonyl (C=O) groups excluding carboxylic acids is 1. The van der Waals surface area contributed by atoms with Gasteiger partial charge in [0.05, 0.1) is 10.7 Å². The zero-order valence-corrected chi connectivity index (χ0v) is 11.4. The van der Waals surface area contributed by atoms with Crippen molar-refractivity contribution in [3.63, 3.8) is 0 Å². The van der Waals surface area contributed by atoms with Gasteiger partial charge in [-0.3, -0.25) is 4.79 Å². The lowest BCUT2D eigenvalue weighted by molar-refractivity contribution is -0.116. The summed E-state index contributed by atoms with van der Waals surface area (Å²) < 4.78 is 0. The first-order valence-corrected chi connectivity index (χ1v) is 6.35. The molecule has 1 rings (SSSR count). The van der Waals surface area contributed by atoms with Gasteiger partial charge in [-0.2, -0.15) is 0 Å². The standard InChI is InChI=1S/C13H17ClN2O3/c1-8(7-15)5-6-11(17)16-10-4-2-3-9(14)12(10)13(18)19/h2-4,8H,5-7,15H2,1H3,(H,16,17)(H,18,19). The number of carbonyl (C=O) groups is 2. The van der Waals surface area contributed by atoms with Gasteiger partial charge in [0.1, 0.15) is 5.56 Å². The molecule has 0 aliphatic rings. The van der Waals surface area contributed by atoms with E-state index in [2.05, 4.69) is 5.32 Å². The van der Waals surface area contributed by atoms with Crippen LogP contribution in [0.4, 0.5) is 5.69 Å². The Morgan fingerprint density at radius 3 is 2.74 bits per heavy atom. The van der Waals surface area contributed by atoms with Crippen molar-refractivity contribution < 1.29 is 14.7 Å². The molecule has 1 unspecified atom stereocenters. The third-order valence-electron chi connectivity index (χ3n) is 2.77. The molecule has 0 saturated carbocycles. The molecular formula is C13H17ClN2O3. The van der Waals surface area contributed by atoms with E-state index in [9.17, 15) is 9.59 Å². The molecule has 1 amide bonds. The summed E-state index contributed by atoms with van der Waals surface area (Å²) in [6.45, 7) is 2.47. The summed E-state index contributed by atoms with van der Waals surface area (Å²) >= 11 is 5.81. The van der Waals surface area contributed by atoms with Crippen LogP contribution >= 0.6 is 11.6 Å². The van der Waals surface area contributed by atoms with E-state index in [0.717, 1.165) is 0 Å². The molecule has 0 bridgehead atoms. The van der Waals surface area contributed by atoms with Gasteiger partial charge in [-0.1, -0.05) is 24.6 Å². The number of hydrogen-bond donors (Lipinski definition) is 3. The van der Waals surface area contributed by atoms with Crippen LogP contribution in [0.3, 0.4) is 0 Å². The highest BCUT2D eigenvalue weighted by molar-refractivity contribution is 6.34. The number of hydrogen-bond acceptors (Lipinski definition) is 3. The highest BCUT2D eigenvalue weighted by Crippen LogP contribution is 2.24. The maximum absolute atomic E-state index is 11.7. The fourth-order valence-electron chi connectivity index (χ4n) is 1.55. The molecule has 5 nitrogen and oxygen atoms in total. The molecule has 0 aliphatic carbocycles. The summed E-state index contributed by atoms with van der Waals surface area (Å²) in [6, 6.07) is 4.57. The van der Waals surface area contributed by atoms with E-state index in [-0.39, 0.29) is 28.1 Å². The van der Waals surface area contributed by atoms with Crippen LogP contribution in [0, 0.1) is 5.92 Å². The molecule has 0 heterocycles. The molecule has 1 aromatic carbocycles. The second-order valence-corrected chi connectivity index (χ2v) is 4.80. The third kappa shape index (κ3) is 4.54. The molecule has 1 atom stereocenters. The van der Waals surface area contributed by atoms with Gasteiger partial charge >= 0.3 is 5.97 Å². The summed E-state index contributed by atoms with van der Waals surface area (Å²) in [4.78, 5) is 22.8. The molecule has 0 saturated heterocycles. The highest BCUT2D eigenvalue weighted by Gasteiger charge is 2.16. The highest BCUT2D eigenvalue weighted by atomic mass is 35.5. The van der Waals surface area contributed by atoms with Crippen molar-refractivity contribution in [1.29, 1.82) is 0 Å². The van der Waals surface area contributed by atoms with E-state index in [4.69, 9.17) is 22.4 Å². The van der Waals surface area contributed by atoms with Crippen molar-refractivity contribution in [2.45, 2.75) is 19.8 Å². The molecule has 0 aliphatic heterocycles. The van der Waals surface area contributed by atoms with Crippen LogP contribution in [0.5, 0.6) is 0 Å². The van der Waals surface area contributed by atoms with E-state index in [1.54, 1.807) is 6.07 Å². The molecule has 1 aromatic rings. The monoisotopic (exact) mass is 284 g/mol. The average Bonchev–Trinajstić information content (AvgIpc) is 2.35. The van der Waals surface area contributed by atoms with Crippen molar-refractivity contribution in [3.05, 3.63) is 28.8 Å². The number of anilines is 1. The number of rotatable bonds is 6. The maximum Gasteiger partial charge on any atom is 0.339 e. The first-order valence-electron chi connectivity index (χ1n) is 5.97. The van der Waals surface area contributed by atoms with Gasteiger partial charge in [0, 0.05) is 6.42 Å². The Bertz CT molecular complexity index is 477. The van der Waals surface area contributed by atoms with Crippen molar-refractivity contribution >= 4 is 29.2 Å². The van der Waals surface area contributed by atoms with Crippen molar-refractivity contribution in [2.75, 3.05) is 11.9 Å². The quantitative estimate of drug-likeness (QED) is 0.747. The van der Waals surface area contributed by atoms with Crippen LogP contribution in [0.15, 0.2) is 18.2 Å². The number of amides is 1. The first kappa shape index (κ1) is 15.5. The minimum atomic E-state index is -1.17. The first-order chi connectivity index (χ1) is 8.95. The largest absolute Gasteiger partial charge is 0.478 e. The van der Waals surface area contributed by atoms with E-state index < -0.39 is 5.97 Å². The summed E-state index contributed by atoms with van der Waals surface area (Å²) in [7, 11) is 0. The lowest BCUT2D eigenvalue weighted by Gasteiger charge is -2.11. The van der Waals surface area contributed by atoms with Gasteiger partial charge in [0.25, 0.3) is 0 Å². The smallest absolute Gasteiger partial charge is 0.339 e. The zero-order valence-electron chi connectivity index (χ0n) is 10.6. The number of benzene rings is 1. The Morgan fingerprint density at radius 1 is 1.47 bits per heavy atom. The van der Waals surface area contributed by atoms with Crippen LogP contribution in [-0.4, -0.2) is 23.5 Å². The van der Waals surface area contributed by atoms with Gasteiger partial charge < -0.3 is 16.2 Å². The fourth-order valence-corrected chi connectivity index (χ4v) is 1.81. The Morgan fingerprint density at radius 2 is 2.16 bits per heavy atom. The number of halogens is 1. The summed E-state index contributed by atoms with van der Waals surface area (Å²) in [5.74, 6) is -1.16. The molecule has 4 N–H and O–H groups in total. The molecular weight excluding hydrogens is 268 g/mol. The Balaban J connectivity index is 2.74. The van der Waals surface area contributed by atoms with Crippen LogP contribution in [0.2, 0.25) is 5.02 Å². The van der Waals surface area contributed by atoms with Gasteiger partial charge in [0.2, 0.25) is 5.91 Å². The molecule has 6 heteroatoms.